The summed E-state index contributed by atoms with van der Waals surface area (Å²) in [6.45, 7) is 2.66. The van der Waals surface area contributed by atoms with E-state index in [1.165, 1.54) is 11.8 Å². The highest BCUT2D eigenvalue weighted by atomic mass is 35.5. The summed E-state index contributed by atoms with van der Waals surface area (Å²) in [7, 11) is 1.75. The second-order valence-corrected chi connectivity index (χ2v) is 7.60. The van der Waals surface area contributed by atoms with Crippen LogP contribution in [0.3, 0.4) is 0 Å². The Balaban J connectivity index is 1.46. The third kappa shape index (κ3) is 6.00. The van der Waals surface area contributed by atoms with Crippen molar-refractivity contribution in [2.75, 3.05) is 12.8 Å². The molecule has 0 unspecified atom stereocenters. The first-order valence-electron chi connectivity index (χ1n) is 8.62. The van der Waals surface area contributed by atoms with Gasteiger partial charge in [0, 0.05) is 18.6 Å². The van der Waals surface area contributed by atoms with Gasteiger partial charge in [-0.05, 0) is 42.3 Å². The minimum Gasteiger partial charge on any atom is -0.484 e. The first kappa shape index (κ1) is 20.2. The Kier molecular flexibility index (Phi) is 6.95. The number of nitrogens with zero attached hydrogens (tertiary/aromatic N) is 3. The first-order chi connectivity index (χ1) is 13.5. The number of aryl methyl sites for hydroxylation is 1. The van der Waals surface area contributed by atoms with Gasteiger partial charge in [0.25, 0.3) is 11.1 Å². The number of aromatic nitrogens is 2. The van der Waals surface area contributed by atoms with Crippen LogP contribution in [0, 0.1) is 6.92 Å². The maximum atomic E-state index is 12.3. The number of rotatable bonds is 8. The van der Waals surface area contributed by atoms with E-state index in [2.05, 4.69) is 10.2 Å². The van der Waals surface area contributed by atoms with Gasteiger partial charge in [0.1, 0.15) is 5.75 Å². The highest BCUT2D eigenvalue weighted by Crippen LogP contribution is 2.19. The Morgan fingerprint density at radius 1 is 1.21 bits per heavy atom. The average molecular weight is 418 g/mol. The zero-order valence-electron chi connectivity index (χ0n) is 15.6. The summed E-state index contributed by atoms with van der Waals surface area (Å²) in [6, 6.07) is 15.2. The van der Waals surface area contributed by atoms with Gasteiger partial charge in [-0.15, -0.1) is 10.2 Å². The van der Waals surface area contributed by atoms with Crippen LogP contribution < -0.4 is 4.74 Å². The monoisotopic (exact) mass is 417 g/mol. The first-order valence-corrected chi connectivity index (χ1v) is 9.99. The van der Waals surface area contributed by atoms with Gasteiger partial charge < -0.3 is 14.1 Å². The van der Waals surface area contributed by atoms with Gasteiger partial charge in [0.05, 0.1) is 5.75 Å². The number of hydrogen-bond donors (Lipinski definition) is 0. The summed E-state index contributed by atoms with van der Waals surface area (Å²) in [5.41, 5.74) is 2.08. The number of thioether (sulfide) groups is 1. The summed E-state index contributed by atoms with van der Waals surface area (Å²) in [5.74, 6) is 1.27. The number of amides is 1. The van der Waals surface area contributed by atoms with Crippen molar-refractivity contribution in [2.45, 2.75) is 25.3 Å². The highest BCUT2D eigenvalue weighted by Gasteiger charge is 2.14. The van der Waals surface area contributed by atoms with Crippen LogP contribution in [-0.4, -0.2) is 33.8 Å². The second kappa shape index (κ2) is 9.61. The maximum absolute atomic E-state index is 12.3. The van der Waals surface area contributed by atoms with Crippen molar-refractivity contribution in [1.82, 2.24) is 15.1 Å². The Morgan fingerprint density at radius 2 is 2.04 bits per heavy atom. The molecule has 6 nitrogen and oxygen atoms in total. The minimum absolute atomic E-state index is 0.0410. The van der Waals surface area contributed by atoms with Crippen molar-refractivity contribution in [3.05, 3.63) is 70.6 Å². The standard InChI is InChI=1S/C20H20ClN3O3S/c1-14-5-3-8-17(9-14)26-12-18-22-23-20(27-18)28-13-19(25)24(2)11-15-6-4-7-16(21)10-15/h3-10H,11-13H2,1-2H3. The van der Waals surface area contributed by atoms with Crippen molar-refractivity contribution in [2.24, 2.45) is 0 Å². The van der Waals surface area contributed by atoms with Crippen LogP contribution in [0.25, 0.3) is 0 Å². The lowest BCUT2D eigenvalue weighted by atomic mass is 10.2. The van der Waals surface area contributed by atoms with E-state index in [9.17, 15) is 4.79 Å². The van der Waals surface area contributed by atoms with Crippen LogP contribution >= 0.6 is 23.4 Å². The topological polar surface area (TPSA) is 68.5 Å². The van der Waals surface area contributed by atoms with Crippen LogP contribution in [0.15, 0.2) is 58.2 Å². The van der Waals surface area contributed by atoms with E-state index in [0.29, 0.717) is 22.7 Å². The number of hydrogen-bond acceptors (Lipinski definition) is 6. The number of ether oxygens (including phenoxy) is 1. The Bertz CT molecular complexity index is 948. The molecule has 0 fully saturated rings. The molecule has 146 valence electrons. The zero-order chi connectivity index (χ0) is 19.9. The van der Waals surface area contributed by atoms with E-state index in [4.69, 9.17) is 20.8 Å². The number of halogens is 1. The van der Waals surface area contributed by atoms with Crippen molar-refractivity contribution in [1.29, 1.82) is 0 Å². The molecular formula is C20H20ClN3O3S. The van der Waals surface area contributed by atoms with Crippen molar-refractivity contribution in [3.8, 4) is 5.75 Å². The molecule has 0 saturated carbocycles. The van der Waals surface area contributed by atoms with Crippen LogP contribution in [-0.2, 0) is 17.9 Å². The van der Waals surface area contributed by atoms with E-state index in [-0.39, 0.29) is 18.3 Å². The van der Waals surface area contributed by atoms with Gasteiger partial charge in [-0.1, -0.05) is 47.6 Å². The third-order valence-electron chi connectivity index (χ3n) is 3.85. The van der Waals surface area contributed by atoms with Crippen molar-refractivity contribution >= 4 is 29.3 Å². The molecular weight excluding hydrogens is 398 g/mol. The van der Waals surface area contributed by atoms with Gasteiger partial charge in [-0.2, -0.15) is 0 Å². The highest BCUT2D eigenvalue weighted by molar-refractivity contribution is 7.99. The molecule has 0 aliphatic rings. The van der Waals surface area contributed by atoms with Crippen LogP contribution in [0.1, 0.15) is 17.0 Å². The summed E-state index contributed by atoms with van der Waals surface area (Å²) < 4.78 is 11.2. The molecule has 3 rings (SSSR count). The predicted molar refractivity (Wildman–Crippen MR) is 108 cm³/mol. The SMILES string of the molecule is Cc1cccc(OCc2nnc(SCC(=O)N(C)Cc3cccc(Cl)c3)o2)c1. The Hall–Kier alpha value is -2.51. The molecule has 1 amide bonds. The molecule has 0 aliphatic carbocycles. The maximum Gasteiger partial charge on any atom is 0.277 e. The molecule has 3 aromatic rings. The minimum atomic E-state index is -0.0410. The quantitative estimate of drug-likeness (QED) is 0.507. The van der Waals surface area contributed by atoms with Crippen LogP contribution in [0.4, 0.5) is 0 Å². The van der Waals surface area contributed by atoms with Gasteiger partial charge in [-0.25, -0.2) is 0 Å². The molecule has 28 heavy (non-hydrogen) atoms. The molecule has 0 spiro atoms. The van der Waals surface area contributed by atoms with Crippen LogP contribution in [0.2, 0.25) is 5.02 Å². The van der Waals surface area contributed by atoms with E-state index in [1.807, 2.05) is 49.4 Å². The van der Waals surface area contributed by atoms with Gasteiger partial charge in [0.15, 0.2) is 6.61 Å². The van der Waals surface area contributed by atoms with E-state index in [0.717, 1.165) is 16.9 Å². The van der Waals surface area contributed by atoms with E-state index >= 15 is 0 Å². The molecule has 0 aliphatic heterocycles. The Morgan fingerprint density at radius 3 is 2.82 bits per heavy atom. The third-order valence-corrected chi connectivity index (χ3v) is 4.89. The lowest BCUT2D eigenvalue weighted by Gasteiger charge is -2.16. The molecule has 1 aromatic heterocycles. The van der Waals surface area contributed by atoms with Gasteiger partial charge >= 0.3 is 0 Å². The number of benzene rings is 2. The molecule has 2 aromatic carbocycles. The summed E-state index contributed by atoms with van der Waals surface area (Å²) in [5, 5.41) is 8.89. The van der Waals surface area contributed by atoms with E-state index in [1.54, 1.807) is 18.0 Å². The van der Waals surface area contributed by atoms with Crippen molar-refractivity contribution in [3.63, 3.8) is 0 Å². The second-order valence-electron chi connectivity index (χ2n) is 6.24. The van der Waals surface area contributed by atoms with E-state index < -0.39 is 0 Å². The Labute approximate surface area is 172 Å². The fourth-order valence-corrected chi connectivity index (χ4v) is 3.37. The number of carbonyl (C=O) groups excluding carboxylic acids is 1. The molecule has 8 heteroatoms. The molecule has 0 saturated heterocycles. The van der Waals surface area contributed by atoms with Crippen molar-refractivity contribution < 1.29 is 13.9 Å². The molecule has 0 atom stereocenters. The summed E-state index contributed by atoms with van der Waals surface area (Å²) in [6.07, 6.45) is 0. The van der Waals surface area contributed by atoms with Gasteiger partial charge in [0.2, 0.25) is 5.91 Å². The summed E-state index contributed by atoms with van der Waals surface area (Å²) in [4.78, 5) is 13.9. The largest absolute Gasteiger partial charge is 0.484 e. The fourth-order valence-electron chi connectivity index (χ4n) is 2.44. The number of carbonyl (C=O) groups is 1. The normalized spacial score (nSPS) is 10.7. The fraction of sp³-hybridized carbons (Fsp3) is 0.250. The lowest BCUT2D eigenvalue weighted by Crippen LogP contribution is -2.27. The molecule has 0 N–H and O–H groups in total. The predicted octanol–water partition coefficient (Wildman–Crippen LogP) is 4.36. The van der Waals surface area contributed by atoms with Crippen LogP contribution in [0.5, 0.6) is 5.75 Å². The van der Waals surface area contributed by atoms with Gasteiger partial charge in [-0.3, -0.25) is 4.79 Å². The zero-order valence-corrected chi connectivity index (χ0v) is 17.2. The molecule has 1 heterocycles. The molecule has 0 bridgehead atoms. The lowest BCUT2D eigenvalue weighted by molar-refractivity contribution is -0.127. The summed E-state index contributed by atoms with van der Waals surface area (Å²) >= 11 is 7.18. The smallest absolute Gasteiger partial charge is 0.277 e. The average Bonchev–Trinajstić information content (AvgIpc) is 3.12. The molecule has 0 radical (unpaired) electrons.